The molecule has 1 aromatic heterocycles. The van der Waals surface area contributed by atoms with Crippen LogP contribution in [0.15, 0.2) is 36.7 Å². The molecule has 2 fully saturated rings. The maximum Gasteiger partial charge on any atom is 0.228 e. The van der Waals surface area contributed by atoms with E-state index in [0.717, 1.165) is 30.0 Å². The number of nitrogens with zero attached hydrogens (tertiary/aromatic N) is 4. The van der Waals surface area contributed by atoms with E-state index in [0.29, 0.717) is 19.6 Å². The van der Waals surface area contributed by atoms with Crippen LogP contribution >= 0.6 is 0 Å². The van der Waals surface area contributed by atoms with Crippen molar-refractivity contribution in [2.45, 2.75) is 25.8 Å². The molecular weight excluding hydrogens is 354 g/mol. The molecule has 2 amide bonds. The zero-order valence-electron chi connectivity index (χ0n) is 16.5. The number of aryl methyl sites for hydroxylation is 2. The molecule has 2 aliphatic rings. The molecule has 7 heteroatoms. The van der Waals surface area contributed by atoms with Crippen molar-refractivity contribution in [2.24, 2.45) is 13.0 Å². The minimum Gasteiger partial charge on any atom is -0.336 e. The molecule has 0 bridgehead atoms. The highest BCUT2D eigenvalue weighted by Gasteiger charge is 2.40. The first-order valence-corrected chi connectivity index (χ1v) is 9.96. The van der Waals surface area contributed by atoms with Gasteiger partial charge in [-0.2, -0.15) is 0 Å². The normalized spacial score (nSPS) is 22.7. The first-order chi connectivity index (χ1) is 13.6. The lowest BCUT2D eigenvalue weighted by Crippen LogP contribution is -2.51. The highest BCUT2D eigenvalue weighted by atomic mass is 16.2. The van der Waals surface area contributed by atoms with Gasteiger partial charge >= 0.3 is 0 Å². The zero-order chi connectivity index (χ0) is 19.7. The number of piperazine rings is 1. The molecule has 2 atom stereocenters. The number of hydrogen-bond donors (Lipinski definition) is 1. The molecule has 7 nitrogen and oxygen atoms in total. The quantitative estimate of drug-likeness (QED) is 0.872. The van der Waals surface area contributed by atoms with Crippen molar-refractivity contribution in [1.29, 1.82) is 0 Å². The molecule has 0 spiro atoms. The number of imidazole rings is 1. The van der Waals surface area contributed by atoms with Gasteiger partial charge in [0.25, 0.3) is 0 Å². The Morgan fingerprint density at radius 2 is 2.14 bits per heavy atom. The van der Waals surface area contributed by atoms with Gasteiger partial charge < -0.3 is 19.7 Å². The van der Waals surface area contributed by atoms with Gasteiger partial charge in [-0.1, -0.05) is 25.1 Å². The van der Waals surface area contributed by atoms with E-state index in [-0.39, 0.29) is 30.2 Å². The second-order valence-corrected chi connectivity index (χ2v) is 7.54. The Balaban J connectivity index is 1.55. The predicted molar refractivity (Wildman–Crippen MR) is 107 cm³/mol. The molecule has 2 unspecified atom stereocenters. The van der Waals surface area contributed by atoms with Crippen LogP contribution in [0.4, 0.5) is 5.69 Å². The Bertz CT molecular complexity index is 877. The third-order valence-electron chi connectivity index (χ3n) is 5.82. The molecule has 2 aromatic rings. The first-order valence-electron chi connectivity index (χ1n) is 9.96. The Kier molecular flexibility index (Phi) is 5.17. The topological polar surface area (TPSA) is 70.5 Å². The van der Waals surface area contributed by atoms with Gasteiger partial charge in [-0.3, -0.25) is 9.59 Å². The third kappa shape index (κ3) is 3.30. The molecular formula is C21H27N5O2. The Morgan fingerprint density at radius 1 is 1.32 bits per heavy atom. The van der Waals surface area contributed by atoms with Crippen LogP contribution in [-0.4, -0.2) is 52.4 Å². The summed E-state index contributed by atoms with van der Waals surface area (Å²) in [6.07, 6.45) is 4.79. The van der Waals surface area contributed by atoms with E-state index < -0.39 is 0 Å². The molecule has 0 saturated carbocycles. The van der Waals surface area contributed by atoms with E-state index >= 15 is 0 Å². The number of para-hydroxylation sites is 1. The number of benzene rings is 1. The van der Waals surface area contributed by atoms with Crippen molar-refractivity contribution in [1.82, 2.24) is 19.8 Å². The van der Waals surface area contributed by atoms with E-state index in [9.17, 15) is 9.59 Å². The van der Waals surface area contributed by atoms with Gasteiger partial charge in [0, 0.05) is 57.7 Å². The summed E-state index contributed by atoms with van der Waals surface area (Å²) in [5.74, 6) is 0.651. The second kappa shape index (κ2) is 7.75. The highest BCUT2D eigenvalue weighted by molar-refractivity contribution is 6.00. The van der Waals surface area contributed by atoms with Gasteiger partial charge in [0.1, 0.15) is 11.9 Å². The number of carbonyl (C=O) groups excluding carboxylic acids is 2. The van der Waals surface area contributed by atoms with Crippen LogP contribution < -0.4 is 10.2 Å². The molecule has 1 N–H and O–H groups in total. The number of anilines is 1. The minimum absolute atomic E-state index is 0.0305. The molecule has 148 valence electrons. The third-order valence-corrected chi connectivity index (χ3v) is 5.82. The zero-order valence-corrected chi connectivity index (χ0v) is 16.5. The van der Waals surface area contributed by atoms with Crippen LogP contribution in [0.3, 0.4) is 0 Å². The Labute approximate surface area is 165 Å². The predicted octanol–water partition coefficient (Wildman–Crippen LogP) is 1.51. The lowest BCUT2D eigenvalue weighted by atomic mass is 10.0. The van der Waals surface area contributed by atoms with E-state index in [1.807, 2.05) is 47.0 Å². The summed E-state index contributed by atoms with van der Waals surface area (Å²) in [7, 11) is 1.95. The number of carbonyl (C=O) groups is 2. The Morgan fingerprint density at radius 3 is 2.89 bits per heavy atom. The summed E-state index contributed by atoms with van der Waals surface area (Å²) < 4.78 is 1.96. The van der Waals surface area contributed by atoms with Gasteiger partial charge in [0.15, 0.2) is 0 Å². The number of aromatic nitrogens is 2. The van der Waals surface area contributed by atoms with Crippen molar-refractivity contribution in [3.8, 4) is 0 Å². The van der Waals surface area contributed by atoms with Gasteiger partial charge in [-0.15, -0.1) is 0 Å². The number of hydrogen-bond acceptors (Lipinski definition) is 4. The molecule has 0 radical (unpaired) electrons. The van der Waals surface area contributed by atoms with Gasteiger partial charge in [-0.25, -0.2) is 4.98 Å². The molecule has 3 heterocycles. The van der Waals surface area contributed by atoms with E-state index in [1.165, 1.54) is 0 Å². The summed E-state index contributed by atoms with van der Waals surface area (Å²) in [6.45, 7) is 4.61. The lowest BCUT2D eigenvalue weighted by Gasteiger charge is -2.37. The average Bonchev–Trinajstić information content (AvgIpc) is 3.33. The summed E-state index contributed by atoms with van der Waals surface area (Å²) in [4.78, 5) is 34.3. The molecule has 2 aliphatic heterocycles. The smallest absolute Gasteiger partial charge is 0.228 e. The number of amides is 2. The maximum absolute atomic E-state index is 13.4. The molecule has 0 aliphatic carbocycles. The van der Waals surface area contributed by atoms with Crippen LogP contribution in [0.5, 0.6) is 0 Å². The van der Waals surface area contributed by atoms with E-state index in [2.05, 4.69) is 17.2 Å². The number of rotatable bonds is 4. The summed E-state index contributed by atoms with van der Waals surface area (Å²) >= 11 is 0. The molecule has 2 saturated heterocycles. The lowest BCUT2D eigenvalue weighted by molar-refractivity contribution is -0.139. The van der Waals surface area contributed by atoms with Gasteiger partial charge in [-0.05, 0) is 18.1 Å². The van der Waals surface area contributed by atoms with Crippen molar-refractivity contribution in [3.63, 3.8) is 0 Å². The van der Waals surface area contributed by atoms with Crippen molar-refractivity contribution in [3.05, 3.63) is 48.0 Å². The second-order valence-electron chi connectivity index (χ2n) is 7.54. The minimum atomic E-state index is -0.307. The average molecular weight is 381 g/mol. The van der Waals surface area contributed by atoms with Crippen molar-refractivity contribution >= 4 is 17.5 Å². The van der Waals surface area contributed by atoms with Crippen LogP contribution in [0.1, 0.15) is 30.8 Å². The fourth-order valence-corrected chi connectivity index (χ4v) is 4.31. The van der Waals surface area contributed by atoms with Crippen molar-refractivity contribution in [2.75, 3.05) is 31.1 Å². The molecule has 1 aromatic carbocycles. The maximum atomic E-state index is 13.4. The van der Waals surface area contributed by atoms with Crippen LogP contribution in [-0.2, 0) is 23.1 Å². The fourth-order valence-electron chi connectivity index (χ4n) is 4.31. The first kappa shape index (κ1) is 18.7. The van der Waals surface area contributed by atoms with Crippen LogP contribution in [0.25, 0.3) is 0 Å². The molecule has 28 heavy (non-hydrogen) atoms. The van der Waals surface area contributed by atoms with Crippen LogP contribution in [0.2, 0.25) is 0 Å². The van der Waals surface area contributed by atoms with E-state index in [1.54, 1.807) is 11.1 Å². The van der Waals surface area contributed by atoms with Crippen molar-refractivity contribution < 1.29 is 9.59 Å². The summed E-state index contributed by atoms with van der Waals surface area (Å²) in [5.41, 5.74) is 2.07. The fraction of sp³-hybridized carbons (Fsp3) is 0.476. The summed E-state index contributed by atoms with van der Waals surface area (Å²) in [6, 6.07) is 7.86. The largest absolute Gasteiger partial charge is 0.336 e. The van der Waals surface area contributed by atoms with Crippen LogP contribution in [0, 0.1) is 5.92 Å². The van der Waals surface area contributed by atoms with E-state index in [4.69, 9.17) is 0 Å². The van der Waals surface area contributed by atoms with Gasteiger partial charge in [0.2, 0.25) is 11.8 Å². The van der Waals surface area contributed by atoms with Gasteiger partial charge in [0.05, 0.1) is 5.92 Å². The Hall–Kier alpha value is -2.67. The number of nitrogens with one attached hydrogen (secondary N) is 1. The molecule has 4 rings (SSSR count). The monoisotopic (exact) mass is 381 g/mol. The SMILES string of the molecule is CCc1ccccc1N1CC(C(=O)N2CCNCC2c2nccn2C)CC1=O. The summed E-state index contributed by atoms with van der Waals surface area (Å²) in [5, 5.41) is 3.36. The standard InChI is InChI=1S/C21H27N5O2/c1-3-15-6-4-5-7-17(15)26-14-16(12-19(26)27)21(28)25-11-8-22-13-18(25)20-23-9-10-24(20)2/h4-7,9-10,16,18,22H,3,8,11-14H2,1-2H3. The highest BCUT2D eigenvalue weighted by Crippen LogP contribution is 2.31.